The summed E-state index contributed by atoms with van der Waals surface area (Å²) in [6, 6.07) is -8.32. The van der Waals surface area contributed by atoms with Crippen LogP contribution in [-0.2, 0) is 33.6 Å². The lowest BCUT2D eigenvalue weighted by Gasteiger charge is -2.34. The molecule has 0 aromatic heterocycles. The first-order valence-electron chi connectivity index (χ1n) is 17.3. The minimum Gasteiger partial charge on any atom is -0.480 e. The summed E-state index contributed by atoms with van der Waals surface area (Å²) in [7, 11) is 0. The van der Waals surface area contributed by atoms with Crippen LogP contribution in [0.25, 0.3) is 0 Å². The highest BCUT2D eigenvalue weighted by atomic mass is 16.4. The van der Waals surface area contributed by atoms with Crippen LogP contribution in [0.1, 0.15) is 72.6 Å². The van der Waals surface area contributed by atoms with Crippen LogP contribution in [0, 0.1) is 5.92 Å². The Morgan fingerprint density at radius 1 is 0.700 bits per heavy atom. The molecule has 0 spiro atoms. The van der Waals surface area contributed by atoms with Gasteiger partial charge in [-0.2, -0.15) is 0 Å². The third kappa shape index (κ3) is 9.67. The van der Waals surface area contributed by atoms with Crippen molar-refractivity contribution in [1.82, 2.24) is 30.7 Å². The molecule has 3 rings (SSSR count). The number of rotatable bonds is 15. The fourth-order valence-electron chi connectivity index (χ4n) is 6.79. The zero-order chi connectivity index (χ0) is 37.4. The number of carbonyl (C=O) groups excluding carboxylic acids is 6. The largest absolute Gasteiger partial charge is 0.480 e. The lowest BCUT2D eigenvalue weighted by Crippen LogP contribution is -2.61. The molecule has 50 heavy (non-hydrogen) atoms. The SMILES string of the molecule is CC(C)C[C@H](NC(=O)[C@@H](N)CO)C(=O)N1CCC[C@H]1C(=O)N[C@H](C(=O)N1CCC[C@H]1C(=O)N1CCC[C@H]1C(=O)N[C@H](C(=O)O)[C@@H](C)O)[C@@H](C)O. The van der Waals surface area contributed by atoms with Crippen molar-refractivity contribution in [2.24, 2.45) is 11.7 Å². The Hall–Kier alpha value is -3.87. The smallest absolute Gasteiger partial charge is 0.328 e. The third-order valence-corrected chi connectivity index (χ3v) is 9.45. The van der Waals surface area contributed by atoms with Gasteiger partial charge in [0, 0.05) is 19.6 Å². The predicted octanol–water partition coefficient (Wildman–Crippen LogP) is -3.37. The lowest BCUT2D eigenvalue weighted by molar-refractivity contribution is -0.151. The molecule has 3 fully saturated rings. The van der Waals surface area contributed by atoms with Crippen molar-refractivity contribution in [3.05, 3.63) is 0 Å². The summed E-state index contributed by atoms with van der Waals surface area (Å²) in [5.74, 6) is -5.37. The van der Waals surface area contributed by atoms with Crippen LogP contribution in [0.3, 0.4) is 0 Å². The number of hydrogen-bond acceptors (Lipinski definition) is 11. The Labute approximate surface area is 291 Å². The Kier molecular flexibility index (Phi) is 14.5. The van der Waals surface area contributed by atoms with Crippen molar-refractivity contribution in [2.75, 3.05) is 26.2 Å². The van der Waals surface area contributed by atoms with Crippen molar-refractivity contribution in [1.29, 1.82) is 0 Å². The van der Waals surface area contributed by atoms with E-state index in [2.05, 4.69) is 16.0 Å². The number of carboxylic acids is 1. The fraction of sp³-hybridized carbons (Fsp3) is 0.781. The van der Waals surface area contributed by atoms with Crippen molar-refractivity contribution < 1.29 is 54.0 Å². The Balaban J connectivity index is 1.74. The first-order valence-corrected chi connectivity index (χ1v) is 17.3. The number of nitrogens with two attached hydrogens (primary N) is 1. The minimum atomic E-state index is -1.57. The molecule has 18 nitrogen and oxygen atoms in total. The van der Waals surface area contributed by atoms with Crippen LogP contribution in [0.2, 0.25) is 0 Å². The van der Waals surface area contributed by atoms with E-state index in [9.17, 15) is 54.0 Å². The number of hydrogen-bond donors (Lipinski definition) is 8. The van der Waals surface area contributed by atoms with Gasteiger partial charge in [0.15, 0.2) is 6.04 Å². The van der Waals surface area contributed by atoms with Gasteiger partial charge in [-0.05, 0) is 64.7 Å². The highest BCUT2D eigenvalue weighted by molar-refractivity contribution is 5.98. The molecule has 0 saturated carbocycles. The molecule has 18 heteroatoms. The Bertz CT molecular complexity index is 1280. The van der Waals surface area contributed by atoms with Crippen LogP contribution in [-0.4, -0.2) is 157 Å². The van der Waals surface area contributed by atoms with Gasteiger partial charge in [0.05, 0.1) is 18.8 Å². The van der Waals surface area contributed by atoms with Gasteiger partial charge in [-0.25, -0.2) is 4.79 Å². The van der Waals surface area contributed by atoms with Crippen LogP contribution in [0.5, 0.6) is 0 Å². The molecule has 0 aliphatic carbocycles. The highest BCUT2D eigenvalue weighted by Crippen LogP contribution is 2.27. The molecule has 3 saturated heterocycles. The second kappa shape index (κ2) is 17.9. The maximum Gasteiger partial charge on any atom is 0.328 e. The number of amides is 6. The highest BCUT2D eigenvalue weighted by Gasteiger charge is 2.46. The zero-order valence-electron chi connectivity index (χ0n) is 29.1. The van der Waals surface area contributed by atoms with Gasteiger partial charge in [-0.1, -0.05) is 13.8 Å². The second-order valence-electron chi connectivity index (χ2n) is 13.8. The molecule has 282 valence electrons. The quantitative estimate of drug-likeness (QED) is 0.0827. The summed E-state index contributed by atoms with van der Waals surface area (Å²) in [6.45, 7) is 6.16. The fourth-order valence-corrected chi connectivity index (χ4v) is 6.79. The van der Waals surface area contributed by atoms with E-state index in [0.29, 0.717) is 19.3 Å². The molecule has 0 aromatic carbocycles. The van der Waals surface area contributed by atoms with E-state index < -0.39 is 103 Å². The van der Waals surface area contributed by atoms with E-state index in [1.54, 1.807) is 0 Å². The van der Waals surface area contributed by atoms with E-state index in [1.165, 1.54) is 28.5 Å². The molecule has 0 unspecified atom stereocenters. The second-order valence-corrected chi connectivity index (χ2v) is 13.8. The molecule has 9 N–H and O–H groups in total. The van der Waals surface area contributed by atoms with Gasteiger partial charge in [-0.3, -0.25) is 28.8 Å². The third-order valence-electron chi connectivity index (χ3n) is 9.45. The normalized spacial score (nSPS) is 24.3. The molecule has 3 aliphatic heterocycles. The summed E-state index contributed by atoms with van der Waals surface area (Å²) in [4.78, 5) is 95.8. The van der Waals surface area contributed by atoms with Crippen molar-refractivity contribution in [3.63, 3.8) is 0 Å². The van der Waals surface area contributed by atoms with Gasteiger partial charge >= 0.3 is 5.97 Å². The zero-order valence-corrected chi connectivity index (χ0v) is 29.1. The van der Waals surface area contributed by atoms with Crippen molar-refractivity contribution >= 4 is 41.4 Å². The molecular formula is C32H53N7O11. The van der Waals surface area contributed by atoms with Crippen LogP contribution < -0.4 is 21.7 Å². The van der Waals surface area contributed by atoms with E-state index >= 15 is 0 Å². The van der Waals surface area contributed by atoms with Gasteiger partial charge in [0.25, 0.3) is 0 Å². The maximum absolute atomic E-state index is 13.9. The summed E-state index contributed by atoms with van der Waals surface area (Å²) >= 11 is 0. The van der Waals surface area contributed by atoms with Crippen LogP contribution >= 0.6 is 0 Å². The minimum absolute atomic E-state index is 0.0195. The Morgan fingerprint density at radius 2 is 1.16 bits per heavy atom. The number of aliphatic carboxylic acids is 1. The Morgan fingerprint density at radius 3 is 1.64 bits per heavy atom. The molecule has 0 radical (unpaired) electrons. The first kappa shape index (κ1) is 40.6. The average Bonchev–Trinajstić information content (AvgIpc) is 3.84. The van der Waals surface area contributed by atoms with Gasteiger partial charge in [0.2, 0.25) is 35.4 Å². The molecule has 0 bridgehead atoms. The van der Waals surface area contributed by atoms with E-state index in [-0.39, 0.29) is 51.2 Å². The summed E-state index contributed by atoms with van der Waals surface area (Å²) < 4.78 is 0. The lowest BCUT2D eigenvalue weighted by atomic mass is 10.0. The molecule has 9 atom stereocenters. The first-order chi connectivity index (χ1) is 23.5. The summed E-state index contributed by atoms with van der Waals surface area (Å²) in [6.07, 6.45) is -0.401. The number of carboxylic acid groups (broad SMARTS) is 1. The van der Waals surface area contributed by atoms with Gasteiger partial charge in [-0.15, -0.1) is 0 Å². The summed E-state index contributed by atoms with van der Waals surface area (Å²) in [5, 5.41) is 46.5. The number of nitrogens with zero attached hydrogens (tertiary/aromatic N) is 3. The number of likely N-dealkylation sites (tertiary alicyclic amines) is 3. The maximum atomic E-state index is 13.9. The predicted molar refractivity (Wildman–Crippen MR) is 176 cm³/mol. The van der Waals surface area contributed by atoms with Gasteiger partial charge in [0.1, 0.15) is 36.3 Å². The van der Waals surface area contributed by atoms with Crippen molar-refractivity contribution in [3.8, 4) is 0 Å². The summed E-state index contributed by atoms with van der Waals surface area (Å²) in [5.41, 5.74) is 5.63. The van der Waals surface area contributed by atoms with Crippen LogP contribution in [0.15, 0.2) is 0 Å². The monoisotopic (exact) mass is 711 g/mol. The van der Waals surface area contributed by atoms with E-state index in [0.717, 1.165) is 0 Å². The van der Waals surface area contributed by atoms with E-state index in [4.69, 9.17) is 5.73 Å². The standard InChI is InChI=1S/C32H53N7O11/c1-16(2)14-20(34-26(43)19(33)15-40)29(46)37-11-5-8-21(37)27(44)35-24(17(3)41)31(48)39-13-7-10-23(39)30(47)38-12-6-9-22(38)28(45)36-25(18(4)42)32(49)50/h16-25,40-42H,5-15,33H2,1-4H3,(H,34,43)(H,35,44)(H,36,45)(H,49,50)/t17-,18-,19+,20+,21+,22+,23+,24+,25+/m1/s1. The molecular weight excluding hydrogens is 658 g/mol. The number of aliphatic hydroxyl groups is 3. The molecule has 6 amide bonds. The molecule has 3 heterocycles. The molecule has 0 aromatic rings. The number of aliphatic hydroxyl groups excluding tert-OH is 3. The topological polar surface area (TPSA) is 272 Å². The van der Waals surface area contributed by atoms with Crippen molar-refractivity contribution in [2.45, 2.75) is 127 Å². The van der Waals surface area contributed by atoms with Crippen LogP contribution in [0.4, 0.5) is 0 Å². The van der Waals surface area contributed by atoms with E-state index in [1.807, 2.05) is 13.8 Å². The average molecular weight is 712 g/mol. The number of nitrogens with one attached hydrogen (secondary N) is 3. The van der Waals surface area contributed by atoms with Gasteiger partial charge < -0.3 is 56.8 Å². The molecule has 3 aliphatic rings. The number of carbonyl (C=O) groups is 7.